The molecule has 2 N–H and O–H groups in total. The van der Waals surface area contributed by atoms with Crippen LogP contribution in [0.25, 0.3) is 0 Å². The topological polar surface area (TPSA) is 41.1 Å². The molecule has 0 saturated heterocycles. The van der Waals surface area contributed by atoms with Crippen molar-refractivity contribution >= 4 is 11.6 Å². The summed E-state index contributed by atoms with van der Waals surface area (Å²) in [7, 11) is 0. The van der Waals surface area contributed by atoms with E-state index >= 15 is 0 Å². The Kier molecular flexibility index (Phi) is 4.85. The third kappa shape index (κ3) is 4.48. The number of nitrogens with one attached hydrogen (secondary N) is 2. The molecule has 1 amide bonds. The van der Waals surface area contributed by atoms with Gasteiger partial charge in [0.05, 0.1) is 6.54 Å². The average molecular weight is 272 g/mol. The smallest absolute Gasteiger partial charge is 0.238 e. The predicted molar refractivity (Wildman–Crippen MR) is 77.9 cm³/mol. The lowest BCUT2D eigenvalue weighted by atomic mass is 10.2. The molecule has 2 rings (SSSR count). The van der Waals surface area contributed by atoms with Crippen molar-refractivity contribution in [3.8, 4) is 0 Å². The van der Waals surface area contributed by atoms with Crippen LogP contribution in [0.5, 0.6) is 0 Å². The van der Waals surface area contributed by atoms with Crippen molar-refractivity contribution in [2.75, 3.05) is 11.9 Å². The molecule has 0 aliphatic rings. The van der Waals surface area contributed by atoms with Crippen molar-refractivity contribution in [3.05, 3.63) is 65.5 Å². The largest absolute Gasteiger partial charge is 0.325 e. The van der Waals surface area contributed by atoms with Gasteiger partial charge in [0.15, 0.2) is 0 Å². The van der Waals surface area contributed by atoms with E-state index in [9.17, 15) is 9.18 Å². The van der Waals surface area contributed by atoms with E-state index in [2.05, 4.69) is 10.6 Å². The van der Waals surface area contributed by atoms with E-state index in [0.29, 0.717) is 6.54 Å². The molecule has 0 saturated carbocycles. The molecule has 3 nitrogen and oxygen atoms in total. The highest BCUT2D eigenvalue weighted by molar-refractivity contribution is 5.92. The number of anilines is 1. The fourth-order valence-corrected chi connectivity index (χ4v) is 1.85. The lowest BCUT2D eigenvalue weighted by Crippen LogP contribution is -2.27. The molecule has 0 heterocycles. The Morgan fingerprint density at radius 3 is 2.60 bits per heavy atom. The minimum absolute atomic E-state index is 0.0993. The highest BCUT2D eigenvalue weighted by Gasteiger charge is 2.02. The second kappa shape index (κ2) is 6.82. The Hall–Kier alpha value is -2.20. The maximum atomic E-state index is 12.7. The normalized spacial score (nSPS) is 10.3. The zero-order chi connectivity index (χ0) is 14.4. The van der Waals surface area contributed by atoms with Crippen LogP contribution in [-0.2, 0) is 11.3 Å². The van der Waals surface area contributed by atoms with Gasteiger partial charge in [-0.05, 0) is 42.3 Å². The summed E-state index contributed by atoms with van der Waals surface area (Å²) >= 11 is 0. The summed E-state index contributed by atoms with van der Waals surface area (Å²) in [5.74, 6) is -0.358. The summed E-state index contributed by atoms with van der Waals surface area (Å²) in [6, 6.07) is 13.8. The van der Waals surface area contributed by atoms with Gasteiger partial charge in [-0.15, -0.1) is 0 Å². The van der Waals surface area contributed by atoms with Crippen molar-refractivity contribution in [2.24, 2.45) is 0 Å². The van der Waals surface area contributed by atoms with Crippen LogP contribution >= 0.6 is 0 Å². The zero-order valence-corrected chi connectivity index (χ0v) is 11.3. The first-order valence-electron chi connectivity index (χ1n) is 6.45. The maximum absolute atomic E-state index is 12.7. The first kappa shape index (κ1) is 14.2. The standard InChI is InChI=1S/C16H17FN2O/c1-12-3-2-4-15(9-12)19-16(20)11-18-10-13-5-7-14(17)8-6-13/h2-9,18H,10-11H2,1H3,(H,19,20). The number of amides is 1. The Bertz CT molecular complexity index is 581. The molecule has 0 aromatic heterocycles. The highest BCUT2D eigenvalue weighted by Crippen LogP contribution is 2.09. The second-order valence-electron chi connectivity index (χ2n) is 4.65. The molecule has 0 fully saturated rings. The molecule has 4 heteroatoms. The molecular formula is C16H17FN2O. The molecule has 0 aliphatic carbocycles. The van der Waals surface area contributed by atoms with Crippen molar-refractivity contribution in [1.29, 1.82) is 0 Å². The Labute approximate surface area is 117 Å². The molecule has 0 atom stereocenters. The molecule has 0 radical (unpaired) electrons. The number of carbonyl (C=O) groups excluding carboxylic acids is 1. The molecule has 0 unspecified atom stereocenters. The molecule has 0 aliphatic heterocycles. The van der Waals surface area contributed by atoms with Gasteiger partial charge in [0.2, 0.25) is 5.91 Å². The van der Waals surface area contributed by atoms with Crippen LogP contribution in [-0.4, -0.2) is 12.5 Å². The summed E-state index contributed by atoms with van der Waals surface area (Å²) in [4.78, 5) is 11.7. The maximum Gasteiger partial charge on any atom is 0.238 e. The minimum Gasteiger partial charge on any atom is -0.325 e. The predicted octanol–water partition coefficient (Wildman–Crippen LogP) is 2.86. The SMILES string of the molecule is Cc1cccc(NC(=O)CNCc2ccc(F)cc2)c1. The van der Waals surface area contributed by atoms with Crippen LogP contribution in [0, 0.1) is 12.7 Å². The second-order valence-corrected chi connectivity index (χ2v) is 4.65. The van der Waals surface area contributed by atoms with E-state index in [1.165, 1.54) is 12.1 Å². The summed E-state index contributed by atoms with van der Waals surface area (Å²) in [6.07, 6.45) is 0. The van der Waals surface area contributed by atoms with Crippen LogP contribution in [0.3, 0.4) is 0 Å². The summed E-state index contributed by atoms with van der Waals surface area (Å²) < 4.78 is 12.7. The van der Waals surface area contributed by atoms with E-state index < -0.39 is 0 Å². The number of benzene rings is 2. The summed E-state index contributed by atoms with van der Waals surface area (Å²) in [5, 5.41) is 5.84. The molecule has 20 heavy (non-hydrogen) atoms. The zero-order valence-electron chi connectivity index (χ0n) is 11.3. The van der Waals surface area contributed by atoms with E-state index in [1.54, 1.807) is 12.1 Å². The van der Waals surface area contributed by atoms with Gasteiger partial charge >= 0.3 is 0 Å². The number of rotatable bonds is 5. The third-order valence-electron chi connectivity index (χ3n) is 2.83. The van der Waals surface area contributed by atoms with Gasteiger partial charge < -0.3 is 10.6 Å². The first-order chi connectivity index (χ1) is 9.63. The van der Waals surface area contributed by atoms with Gasteiger partial charge in [0.25, 0.3) is 0 Å². The van der Waals surface area contributed by atoms with Gasteiger partial charge in [-0.1, -0.05) is 24.3 Å². The number of halogens is 1. The van der Waals surface area contributed by atoms with Crippen molar-refractivity contribution in [1.82, 2.24) is 5.32 Å². The number of carbonyl (C=O) groups is 1. The number of hydrogen-bond acceptors (Lipinski definition) is 2. The first-order valence-corrected chi connectivity index (χ1v) is 6.45. The third-order valence-corrected chi connectivity index (χ3v) is 2.83. The monoisotopic (exact) mass is 272 g/mol. The molecule has 2 aromatic carbocycles. The van der Waals surface area contributed by atoms with E-state index in [-0.39, 0.29) is 18.3 Å². The molecule has 0 spiro atoms. The fraction of sp³-hybridized carbons (Fsp3) is 0.188. The Morgan fingerprint density at radius 1 is 1.15 bits per heavy atom. The quantitative estimate of drug-likeness (QED) is 0.878. The van der Waals surface area contributed by atoms with Crippen molar-refractivity contribution < 1.29 is 9.18 Å². The lowest BCUT2D eigenvalue weighted by molar-refractivity contribution is -0.115. The van der Waals surface area contributed by atoms with E-state index in [0.717, 1.165) is 16.8 Å². The molecule has 0 bridgehead atoms. The highest BCUT2D eigenvalue weighted by atomic mass is 19.1. The Balaban J connectivity index is 1.76. The van der Waals surface area contributed by atoms with Gasteiger partial charge in [0, 0.05) is 12.2 Å². The van der Waals surface area contributed by atoms with Gasteiger partial charge in [-0.3, -0.25) is 4.79 Å². The van der Waals surface area contributed by atoms with Crippen LogP contribution < -0.4 is 10.6 Å². The minimum atomic E-state index is -0.258. The van der Waals surface area contributed by atoms with Crippen LogP contribution in [0.1, 0.15) is 11.1 Å². The van der Waals surface area contributed by atoms with Gasteiger partial charge in [-0.2, -0.15) is 0 Å². The van der Waals surface area contributed by atoms with Gasteiger partial charge in [0.1, 0.15) is 5.82 Å². The van der Waals surface area contributed by atoms with Crippen molar-refractivity contribution in [3.63, 3.8) is 0 Å². The summed E-state index contributed by atoms with van der Waals surface area (Å²) in [6.45, 7) is 2.72. The van der Waals surface area contributed by atoms with Gasteiger partial charge in [-0.25, -0.2) is 4.39 Å². The molecule has 2 aromatic rings. The summed E-state index contributed by atoms with van der Waals surface area (Å²) in [5.41, 5.74) is 2.83. The van der Waals surface area contributed by atoms with Crippen LogP contribution in [0.2, 0.25) is 0 Å². The molecule has 104 valence electrons. The lowest BCUT2D eigenvalue weighted by Gasteiger charge is -2.07. The number of aryl methyl sites for hydroxylation is 1. The van der Waals surface area contributed by atoms with Crippen LogP contribution in [0.15, 0.2) is 48.5 Å². The number of hydrogen-bond donors (Lipinski definition) is 2. The average Bonchev–Trinajstić information content (AvgIpc) is 2.41. The van der Waals surface area contributed by atoms with E-state index in [4.69, 9.17) is 0 Å². The fourth-order valence-electron chi connectivity index (χ4n) is 1.85. The van der Waals surface area contributed by atoms with E-state index in [1.807, 2.05) is 31.2 Å². The van der Waals surface area contributed by atoms with Crippen LogP contribution in [0.4, 0.5) is 10.1 Å². The Morgan fingerprint density at radius 2 is 1.90 bits per heavy atom. The van der Waals surface area contributed by atoms with Crippen molar-refractivity contribution in [2.45, 2.75) is 13.5 Å². The molecular weight excluding hydrogens is 255 g/mol.